The summed E-state index contributed by atoms with van der Waals surface area (Å²) >= 11 is 0. The van der Waals surface area contributed by atoms with Crippen LogP contribution in [0.2, 0.25) is 0 Å². The van der Waals surface area contributed by atoms with Gasteiger partial charge in [0.05, 0.1) is 12.7 Å². The molecule has 0 saturated heterocycles. The number of aliphatic carboxylic acids is 2. The molecule has 1 aliphatic heterocycles. The second-order valence-corrected chi connectivity index (χ2v) is 4.94. The first kappa shape index (κ1) is 22.6. The Hall–Kier alpha value is 0.310. The quantitative estimate of drug-likeness (QED) is 0.381. The number of aliphatic imine (C=N–C) groups is 1. The first-order valence-corrected chi connectivity index (χ1v) is 6.62. The van der Waals surface area contributed by atoms with Crippen molar-refractivity contribution in [3.05, 3.63) is 0 Å². The van der Waals surface area contributed by atoms with Crippen molar-refractivity contribution in [2.75, 3.05) is 19.3 Å². The van der Waals surface area contributed by atoms with Gasteiger partial charge in [-0.15, -0.1) is 0 Å². The summed E-state index contributed by atoms with van der Waals surface area (Å²) in [5, 5.41) is 18.0. The van der Waals surface area contributed by atoms with Crippen molar-refractivity contribution in [1.82, 2.24) is 4.90 Å². The molecule has 2 radical (unpaired) electrons. The average molecular weight is 322 g/mol. The molecule has 1 rings (SSSR count). The summed E-state index contributed by atoms with van der Waals surface area (Å²) in [5.41, 5.74) is -2.22. The molecule has 0 bridgehead atoms. The SMILES string of the molecule is CCC1=NC(C(=O)O)(C(=O)O)CN1CCP(=O)=O.[Na].[Na]. The van der Waals surface area contributed by atoms with Crippen LogP contribution in [0.5, 0.6) is 0 Å². The molecule has 102 valence electrons. The van der Waals surface area contributed by atoms with Crippen molar-refractivity contribution in [2.45, 2.75) is 18.9 Å². The van der Waals surface area contributed by atoms with Crippen LogP contribution in [0.3, 0.4) is 0 Å². The Morgan fingerprint density at radius 1 is 1.30 bits per heavy atom. The predicted octanol–water partition coefficient (Wildman–Crippen LogP) is -0.570. The summed E-state index contributed by atoms with van der Waals surface area (Å²) in [5.74, 6) is -2.79. The smallest absolute Gasteiger partial charge is 0.345 e. The normalized spacial score (nSPS) is 15.7. The zero-order chi connectivity index (χ0) is 13.9. The molecule has 0 aromatic carbocycles. The maximum absolute atomic E-state index is 11.1. The third-order valence-corrected chi connectivity index (χ3v) is 3.25. The summed E-state index contributed by atoms with van der Waals surface area (Å²) in [6.45, 7) is 1.40. The number of nitrogens with zero attached hydrogens (tertiary/aromatic N) is 2. The van der Waals surface area contributed by atoms with Gasteiger partial charge in [0.15, 0.2) is 0 Å². The van der Waals surface area contributed by atoms with Crippen molar-refractivity contribution < 1.29 is 28.9 Å². The van der Waals surface area contributed by atoms with Gasteiger partial charge in [-0.25, -0.2) is 23.7 Å². The number of carboxylic acid groups (broad SMARTS) is 2. The van der Waals surface area contributed by atoms with E-state index in [1.807, 2.05) is 0 Å². The molecular formula is C9H13N2Na2O6P. The molecule has 0 amide bonds. The van der Waals surface area contributed by atoms with Crippen LogP contribution in [-0.4, -0.2) is 117 Å². The predicted molar refractivity (Wildman–Crippen MR) is 72.0 cm³/mol. The van der Waals surface area contributed by atoms with Crippen molar-refractivity contribution >= 4 is 84.6 Å². The third kappa shape index (κ3) is 4.94. The Morgan fingerprint density at radius 2 is 1.80 bits per heavy atom. The average Bonchev–Trinajstić information content (AvgIpc) is 2.66. The van der Waals surface area contributed by atoms with Crippen LogP contribution < -0.4 is 0 Å². The minimum Gasteiger partial charge on any atom is -0.479 e. The van der Waals surface area contributed by atoms with Crippen LogP contribution in [0.15, 0.2) is 4.99 Å². The minimum atomic E-state index is -2.59. The number of amidine groups is 1. The topological polar surface area (TPSA) is 124 Å². The van der Waals surface area contributed by atoms with Gasteiger partial charge in [0.25, 0.3) is 5.54 Å². The molecule has 20 heavy (non-hydrogen) atoms. The molecule has 0 spiro atoms. The fourth-order valence-corrected chi connectivity index (χ4v) is 2.13. The maximum Gasteiger partial charge on any atom is 0.345 e. The van der Waals surface area contributed by atoms with E-state index in [4.69, 9.17) is 10.2 Å². The maximum atomic E-state index is 11.1. The molecule has 0 atom stereocenters. The molecule has 8 nitrogen and oxygen atoms in total. The van der Waals surface area contributed by atoms with Crippen LogP contribution in [0.1, 0.15) is 13.3 Å². The largest absolute Gasteiger partial charge is 0.479 e. The van der Waals surface area contributed by atoms with Crippen LogP contribution >= 0.6 is 7.68 Å². The van der Waals surface area contributed by atoms with E-state index in [0.29, 0.717) is 12.3 Å². The van der Waals surface area contributed by atoms with Crippen molar-refractivity contribution in [1.29, 1.82) is 0 Å². The molecule has 1 heterocycles. The van der Waals surface area contributed by atoms with E-state index >= 15 is 0 Å². The molecule has 0 saturated carbocycles. The van der Waals surface area contributed by atoms with E-state index in [0.717, 1.165) is 0 Å². The van der Waals surface area contributed by atoms with E-state index < -0.39 is 25.2 Å². The fourth-order valence-electron chi connectivity index (χ4n) is 1.73. The van der Waals surface area contributed by atoms with Gasteiger partial charge >= 0.3 is 19.6 Å². The number of hydrogen-bond acceptors (Lipinski definition) is 6. The molecule has 2 N–H and O–H groups in total. The Labute approximate surface area is 160 Å². The molecular weight excluding hydrogens is 309 g/mol. The van der Waals surface area contributed by atoms with E-state index in [-0.39, 0.29) is 78.4 Å². The Balaban J connectivity index is 0. The van der Waals surface area contributed by atoms with E-state index in [1.54, 1.807) is 6.92 Å². The second kappa shape index (κ2) is 9.35. The van der Waals surface area contributed by atoms with Crippen LogP contribution in [0.25, 0.3) is 0 Å². The van der Waals surface area contributed by atoms with Gasteiger partial charge in [-0.3, -0.25) is 0 Å². The standard InChI is InChI=1S/C9H13N2O6P.2Na/c1-2-6-10-9(7(12)13,8(14)15)5-11(6)3-4-18(16)17;;/h2-5H2,1H3,(H,12,13)(H,14,15);;. The fraction of sp³-hybridized carbons (Fsp3) is 0.667. The molecule has 11 heteroatoms. The zero-order valence-corrected chi connectivity index (χ0v) is 16.6. The number of carboxylic acids is 2. The van der Waals surface area contributed by atoms with Crippen LogP contribution in [0.4, 0.5) is 0 Å². The van der Waals surface area contributed by atoms with Crippen molar-refractivity contribution in [2.24, 2.45) is 4.99 Å². The number of hydrogen-bond donors (Lipinski definition) is 2. The van der Waals surface area contributed by atoms with Gasteiger partial charge in [0.1, 0.15) is 5.84 Å². The Bertz CT molecular complexity index is 457. The van der Waals surface area contributed by atoms with Crippen molar-refractivity contribution in [3.8, 4) is 0 Å². The summed E-state index contributed by atoms with van der Waals surface area (Å²) in [6, 6.07) is 0. The summed E-state index contributed by atoms with van der Waals surface area (Å²) in [7, 11) is -2.59. The summed E-state index contributed by atoms with van der Waals surface area (Å²) in [6.07, 6.45) is 0.182. The van der Waals surface area contributed by atoms with E-state index in [2.05, 4.69) is 4.99 Å². The van der Waals surface area contributed by atoms with Crippen LogP contribution in [0, 0.1) is 0 Å². The summed E-state index contributed by atoms with van der Waals surface area (Å²) in [4.78, 5) is 27.3. The summed E-state index contributed by atoms with van der Waals surface area (Å²) < 4.78 is 21.0. The first-order chi connectivity index (χ1) is 8.33. The van der Waals surface area contributed by atoms with Crippen molar-refractivity contribution in [3.63, 3.8) is 0 Å². The van der Waals surface area contributed by atoms with Gasteiger partial charge in [0.2, 0.25) is 0 Å². The van der Waals surface area contributed by atoms with Gasteiger partial charge in [0, 0.05) is 72.1 Å². The molecule has 0 aromatic rings. The Kier molecular flexibility index (Phi) is 10.6. The molecule has 1 aliphatic rings. The van der Waals surface area contributed by atoms with Gasteiger partial charge in [-0.05, 0) is 0 Å². The number of rotatable bonds is 6. The van der Waals surface area contributed by atoms with E-state index in [1.165, 1.54) is 4.90 Å². The van der Waals surface area contributed by atoms with Gasteiger partial charge in [-0.2, -0.15) is 0 Å². The second-order valence-electron chi connectivity index (χ2n) is 3.83. The van der Waals surface area contributed by atoms with Gasteiger partial charge in [-0.1, -0.05) is 6.92 Å². The molecule has 0 fully saturated rings. The zero-order valence-electron chi connectivity index (χ0n) is 11.7. The minimum absolute atomic E-state index is 0. The first-order valence-electron chi connectivity index (χ1n) is 5.25. The molecule has 0 aromatic heterocycles. The number of carbonyl (C=O) groups is 2. The molecule has 0 aliphatic carbocycles. The molecule has 0 unspecified atom stereocenters. The third-order valence-electron chi connectivity index (χ3n) is 2.68. The van der Waals surface area contributed by atoms with Crippen LogP contribution in [-0.2, 0) is 18.7 Å². The Morgan fingerprint density at radius 3 is 2.15 bits per heavy atom. The monoisotopic (exact) mass is 322 g/mol. The van der Waals surface area contributed by atoms with E-state index in [9.17, 15) is 18.7 Å². The van der Waals surface area contributed by atoms with Gasteiger partial charge < -0.3 is 15.1 Å².